The first-order valence-electron chi connectivity index (χ1n) is 6.93. The zero-order valence-electron chi connectivity index (χ0n) is 11.9. The molecule has 1 fully saturated rings. The van der Waals surface area contributed by atoms with Crippen LogP contribution in [-0.4, -0.2) is 26.8 Å². The average Bonchev–Trinajstić information content (AvgIpc) is 2.38. The first-order chi connectivity index (χ1) is 8.95. The molecule has 0 bridgehead atoms. The van der Waals surface area contributed by atoms with Gasteiger partial charge in [-0.1, -0.05) is 19.1 Å². The van der Waals surface area contributed by atoms with Crippen molar-refractivity contribution in [1.29, 1.82) is 0 Å². The maximum absolute atomic E-state index is 12.8. The minimum atomic E-state index is -3.24. The molecule has 2 rings (SSSR count). The van der Waals surface area contributed by atoms with Gasteiger partial charge in [0.25, 0.3) is 0 Å². The Morgan fingerprint density at radius 1 is 1.26 bits per heavy atom. The van der Waals surface area contributed by atoms with Crippen molar-refractivity contribution in [1.82, 2.24) is 5.32 Å². The zero-order chi connectivity index (χ0) is 14.0. The molecule has 106 valence electrons. The Labute approximate surface area is 116 Å². The molecule has 0 aliphatic heterocycles. The topological polar surface area (TPSA) is 46.2 Å². The summed E-state index contributed by atoms with van der Waals surface area (Å²) in [5.41, 5.74) is 0.992. The summed E-state index contributed by atoms with van der Waals surface area (Å²) in [6.07, 6.45) is 2.79. The molecule has 0 radical (unpaired) electrons. The Morgan fingerprint density at radius 2 is 2.00 bits per heavy atom. The molecule has 3 nitrogen and oxygen atoms in total. The summed E-state index contributed by atoms with van der Waals surface area (Å²) in [5, 5.41) is 2.88. The number of hydrogen-bond acceptors (Lipinski definition) is 3. The van der Waals surface area contributed by atoms with E-state index in [1.54, 1.807) is 12.1 Å². The average molecular weight is 281 g/mol. The van der Waals surface area contributed by atoms with Crippen LogP contribution in [0.5, 0.6) is 0 Å². The van der Waals surface area contributed by atoms with Crippen molar-refractivity contribution >= 4 is 9.84 Å². The summed E-state index contributed by atoms with van der Waals surface area (Å²) >= 11 is 0. The van der Waals surface area contributed by atoms with Crippen molar-refractivity contribution in [2.75, 3.05) is 7.05 Å². The van der Waals surface area contributed by atoms with Gasteiger partial charge < -0.3 is 5.32 Å². The lowest BCUT2D eigenvalue weighted by Gasteiger charge is -2.34. The molecule has 0 aromatic heterocycles. The summed E-state index contributed by atoms with van der Waals surface area (Å²) < 4.78 is 25.6. The molecule has 0 heterocycles. The third kappa shape index (κ3) is 3.00. The largest absolute Gasteiger partial charge is 0.316 e. The maximum atomic E-state index is 12.8. The Bertz CT molecular complexity index is 539. The molecule has 1 aliphatic rings. The van der Waals surface area contributed by atoms with Gasteiger partial charge in [0.05, 0.1) is 10.1 Å². The normalized spacial score (nSPS) is 28.3. The van der Waals surface area contributed by atoms with Gasteiger partial charge in [0, 0.05) is 6.04 Å². The van der Waals surface area contributed by atoms with Gasteiger partial charge in [-0.05, 0) is 56.8 Å². The highest BCUT2D eigenvalue weighted by atomic mass is 32.2. The highest BCUT2D eigenvalue weighted by molar-refractivity contribution is 7.92. The van der Waals surface area contributed by atoms with Crippen molar-refractivity contribution in [2.24, 2.45) is 5.92 Å². The molecule has 1 aromatic carbocycles. The van der Waals surface area contributed by atoms with Gasteiger partial charge in [0.1, 0.15) is 0 Å². The minimum absolute atomic E-state index is 0.0710. The minimum Gasteiger partial charge on any atom is -0.316 e. The zero-order valence-corrected chi connectivity index (χ0v) is 12.7. The Morgan fingerprint density at radius 3 is 2.63 bits per heavy atom. The van der Waals surface area contributed by atoms with Crippen LogP contribution < -0.4 is 5.32 Å². The highest BCUT2D eigenvalue weighted by Gasteiger charge is 2.37. The fraction of sp³-hybridized carbons (Fsp3) is 0.600. The maximum Gasteiger partial charge on any atom is 0.182 e. The third-order valence-corrected chi connectivity index (χ3v) is 6.37. The molecular weight excluding hydrogens is 258 g/mol. The van der Waals surface area contributed by atoms with E-state index in [9.17, 15) is 8.42 Å². The van der Waals surface area contributed by atoms with Crippen LogP contribution in [-0.2, 0) is 9.84 Å². The molecule has 4 heteroatoms. The fourth-order valence-electron chi connectivity index (χ4n) is 2.97. The highest BCUT2D eigenvalue weighted by Crippen LogP contribution is 2.32. The summed E-state index contributed by atoms with van der Waals surface area (Å²) in [6, 6.07) is 7.32. The van der Waals surface area contributed by atoms with Crippen LogP contribution in [0.15, 0.2) is 29.2 Å². The number of aryl methyl sites for hydroxylation is 1. The van der Waals surface area contributed by atoms with E-state index < -0.39 is 9.84 Å². The molecule has 1 N–H and O–H groups in total. The molecular formula is C15H23NO2S. The monoisotopic (exact) mass is 281 g/mol. The summed E-state index contributed by atoms with van der Waals surface area (Å²) in [5.74, 6) is 0.481. The van der Waals surface area contributed by atoms with Crippen LogP contribution in [0.25, 0.3) is 0 Å². The van der Waals surface area contributed by atoms with Crippen LogP contribution in [0.4, 0.5) is 0 Å². The van der Waals surface area contributed by atoms with Crippen molar-refractivity contribution < 1.29 is 8.42 Å². The summed E-state index contributed by atoms with van der Waals surface area (Å²) in [6.45, 7) is 4.07. The Hall–Kier alpha value is -0.870. The molecule has 3 atom stereocenters. The summed E-state index contributed by atoms with van der Waals surface area (Å²) in [4.78, 5) is 0.465. The van der Waals surface area contributed by atoms with E-state index in [4.69, 9.17) is 0 Å². The standard InChI is InChI=1S/C15H23NO2S/c1-11-5-4-6-13(9-11)19(17,18)15-10-12(2)7-8-14(15)16-3/h4-6,9,12,14-16H,7-8,10H2,1-3H3. The van der Waals surface area contributed by atoms with Crippen molar-refractivity contribution in [2.45, 2.75) is 49.3 Å². The van der Waals surface area contributed by atoms with Crippen molar-refractivity contribution in [3.63, 3.8) is 0 Å². The first-order valence-corrected chi connectivity index (χ1v) is 8.47. The van der Waals surface area contributed by atoms with Gasteiger partial charge in [0.2, 0.25) is 0 Å². The molecule has 1 aromatic rings. The second kappa shape index (κ2) is 5.63. The number of benzene rings is 1. The second-order valence-corrected chi connectivity index (χ2v) is 7.88. The number of nitrogens with one attached hydrogen (secondary N) is 1. The number of rotatable bonds is 3. The van der Waals surface area contributed by atoms with Crippen LogP contribution in [0, 0.1) is 12.8 Å². The van der Waals surface area contributed by atoms with E-state index in [-0.39, 0.29) is 11.3 Å². The predicted octanol–water partition coefficient (Wildman–Crippen LogP) is 2.55. The SMILES string of the molecule is CNC1CCC(C)CC1S(=O)(=O)c1cccc(C)c1. The van der Waals surface area contributed by atoms with E-state index in [1.165, 1.54) is 0 Å². The van der Waals surface area contributed by atoms with Gasteiger partial charge >= 0.3 is 0 Å². The number of hydrogen-bond donors (Lipinski definition) is 1. The van der Waals surface area contributed by atoms with E-state index in [2.05, 4.69) is 12.2 Å². The molecule has 0 saturated heterocycles. The predicted molar refractivity (Wildman–Crippen MR) is 78.0 cm³/mol. The first kappa shape index (κ1) is 14.5. The molecule has 1 saturated carbocycles. The van der Waals surface area contributed by atoms with Crippen LogP contribution in [0.3, 0.4) is 0 Å². The molecule has 0 amide bonds. The fourth-order valence-corrected chi connectivity index (χ4v) is 5.22. The molecule has 0 spiro atoms. The van der Waals surface area contributed by atoms with E-state index in [1.807, 2.05) is 26.1 Å². The Balaban J connectivity index is 2.36. The van der Waals surface area contributed by atoms with Gasteiger partial charge in [-0.3, -0.25) is 0 Å². The van der Waals surface area contributed by atoms with Gasteiger partial charge in [-0.15, -0.1) is 0 Å². The van der Waals surface area contributed by atoms with Crippen LogP contribution in [0.2, 0.25) is 0 Å². The molecule has 19 heavy (non-hydrogen) atoms. The quantitative estimate of drug-likeness (QED) is 0.926. The lowest BCUT2D eigenvalue weighted by molar-refractivity contribution is 0.319. The molecule has 3 unspecified atom stereocenters. The van der Waals surface area contributed by atoms with Crippen molar-refractivity contribution in [3.05, 3.63) is 29.8 Å². The van der Waals surface area contributed by atoms with E-state index >= 15 is 0 Å². The van der Waals surface area contributed by atoms with Crippen LogP contribution in [0.1, 0.15) is 31.7 Å². The third-order valence-electron chi connectivity index (χ3n) is 4.14. The lowest BCUT2D eigenvalue weighted by Crippen LogP contribution is -2.46. The van der Waals surface area contributed by atoms with E-state index in [0.717, 1.165) is 24.8 Å². The van der Waals surface area contributed by atoms with Gasteiger partial charge in [-0.25, -0.2) is 8.42 Å². The Kier molecular flexibility index (Phi) is 4.31. The second-order valence-electron chi connectivity index (χ2n) is 5.71. The lowest BCUT2D eigenvalue weighted by atomic mass is 9.87. The van der Waals surface area contributed by atoms with Crippen molar-refractivity contribution in [3.8, 4) is 0 Å². The van der Waals surface area contributed by atoms with Gasteiger partial charge in [0.15, 0.2) is 9.84 Å². The van der Waals surface area contributed by atoms with Gasteiger partial charge in [-0.2, -0.15) is 0 Å². The smallest absolute Gasteiger partial charge is 0.182 e. The summed E-state index contributed by atoms with van der Waals surface area (Å²) in [7, 11) is -1.38. The van der Waals surface area contributed by atoms with Crippen LogP contribution >= 0.6 is 0 Å². The molecule has 1 aliphatic carbocycles. The number of sulfone groups is 1. The van der Waals surface area contributed by atoms with E-state index in [0.29, 0.717) is 10.8 Å².